The van der Waals surface area contributed by atoms with Crippen molar-refractivity contribution in [1.29, 1.82) is 0 Å². The van der Waals surface area contributed by atoms with Crippen LogP contribution in [0.25, 0.3) is 11.1 Å². The third-order valence-electron chi connectivity index (χ3n) is 5.58. The number of H-pyrrole nitrogens is 1. The number of nitrogens with one attached hydrogen (secondary N) is 2. The average Bonchev–Trinajstić information content (AvgIpc) is 3.46. The van der Waals surface area contributed by atoms with Crippen LogP contribution in [0, 0.1) is 0 Å². The first-order chi connectivity index (χ1) is 15.1. The number of hydrogen-bond acceptors (Lipinski definition) is 4. The Kier molecular flexibility index (Phi) is 6.52. The second-order valence-electron chi connectivity index (χ2n) is 7.92. The third kappa shape index (κ3) is 5.24. The Balaban J connectivity index is 1.54. The largest absolute Gasteiger partial charge is 0.487 e. The molecule has 0 radical (unpaired) electrons. The van der Waals surface area contributed by atoms with Crippen LogP contribution in [0.1, 0.15) is 18.9 Å². The normalized spacial score (nSPS) is 16.3. The van der Waals surface area contributed by atoms with Crippen molar-refractivity contribution < 1.29 is 9.53 Å². The molecule has 1 atom stereocenters. The molecule has 0 spiro atoms. The number of carbonyl (C=O) groups excluding carboxylic acids is 1. The zero-order valence-corrected chi connectivity index (χ0v) is 18.0. The molecule has 1 unspecified atom stereocenters. The summed E-state index contributed by atoms with van der Waals surface area (Å²) >= 11 is 0. The molecule has 1 aliphatic rings. The van der Waals surface area contributed by atoms with Crippen LogP contribution in [-0.2, 0) is 6.54 Å². The first-order valence-electron chi connectivity index (χ1n) is 10.7. The van der Waals surface area contributed by atoms with Crippen LogP contribution in [-0.4, -0.2) is 58.8 Å². The summed E-state index contributed by atoms with van der Waals surface area (Å²) in [4.78, 5) is 17.1. The van der Waals surface area contributed by atoms with E-state index in [-0.39, 0.29) is 12.1 Å². The van der Waals surface area contributed by atoms with Crippen molar-refractivity contribution in [3.63, 3.8) is 0 Å². The minimum atomic E-state index is -0.143. The van der Waals surface area contributed by atoms with Crippen LogP contribution in [0.5, 0.6) is 5.75 Å². The maximum atomic E-state index is 13.0. The van der Waals surface area contributed by atoms with E-state index in [0.717, 1.165) is 36.2 Å². The topological polar surface area (TPSA) is 73.5 Å². The Morgan fingerprint density at radius 1 is 1.26 bits per heavy atom. The van der Waals surface area contributed by atoms with E-state index in [1.54, 1.807) is 11.1 Å². The van der Waals surface area contributed by atoms with Crippen LogP contribution in [0.2, 0.25) is 0 Å². The van der Waals surface area contributed by atoms with Gasteiger partial charge in [-0.25, -0.2) is 4.79 Å². The van der Waals surface area contributed by atoms with Crippen molar-refractivity contribution >= 4 is 11.7 Å². The summed E-state index contributed by atoms with van der Waals surface area (Å²) in [5, 5.41) is 9.95. The molecule has 162 valence electrons. The van der Waals surface area contributed by atoms with Gasteiger partial charge in [-0.2, -0.15) is 5.10 Å². The number of amides is 2. The molecule has 1 saturated heterocycles. The summed E-state index contributed by atoms with van der Waals surface area (Å²) in [6.45, 7) is 5.03. The van der Waals surface area contributed by atoms with Gasteiger partial charge in [0.2, 0.25) is 0 Å². The second kappa shape index (κ2) is 9.66. The molecule has 1 fully saturated rings. The molecular formula is C24H29N5O2. The molecule has 2 aromatic carbocycles. The number of likely N-dealkylation sites (N-methyl/N-ethyl adjacent to an activating group) is 1. The van der Waals surface area contributed by atoms with Gasteiger partial charge in [-0.3, -0.25) is 5.10 Å². The highest BCUT2D eigenvalue weighted by Gasteiger charge is 2.23. The zero-order valence-electron chi connectivity index (χ0n) is 18.0. The Bertz CT molecular complexity index is 990. The maximum absolute atomic E-state index is 13.0. The predicted octanol–water partition coefficient (Wildman–Crippen LogP) is 4.21. The molecule has 2 amide bonds. The number of aromatic nitrogens is 2. The van der Waals surface area contributed by atoms with E-state index >= 15 is 0 Å². The maximum Gasteiger partial charge on any atom is 0.322 e. The molecular weight excluding hydrogens is 390 g/mol. The predicted molar refractivity (Wildman–Crippen MR) is 122 cm³/mol. The Labute approximate surface area is 183 Å². The van der Waals surface area contributed by atoms with Crippen molar-refractivity contribution in [3.05, 3.63) is 66.5 Å². The monoisotopic (exact) mass is 419 g/mol. The molecule has 1 aliphatic heterocycles. The molecule has 3 aromatic rings. The van der Waals surface area contributed by atoms with Crippen LogP contribution in [0.3, 0.4) is 0 Å². The number of aromatic amines is 1. The molecule has 31 heavy (non-hydrogen) atoms. The quantitative estimate of drug-likeness (QED) is 0.602. The summed E-state index contributed by atoms with van der Waals surface area (Å²) in [5.41, 5.74) is 3.74. The summed E-state index contributed by atoms with van der Waals surface area (Å²) in [7, 11) is 2.09. The van der Waals surface area contributed by atoms with E-state index in [2.05, 4.69) is 27.5 Å². The van der Waals surface area contributed by atoms with Crippen molar-refractivity contribution in [2.45, 2.75) is 26.0 Å². The van der Waals surface area contributed by atoms with Crippen molar-refractivity contribution in [3.8, 4) is 16.9 Å². The SMILES string of the molecule is CCN(Cc1ccccc1)C(=O)Nc1ccc(-c2cn[nH]c2)cc1OC1CCN(C)C1. The number of ether oxygens (including phenoxy) is 1. The number of urea groups is 1. The molecule has 1 aromatic heterocycles. The van der Waals surface area contributed by atoms with E-state index in [1.807, 2.05) is 61.7 Å². The van der Waals surface area contributed by atoms with Gasteiger partial charge >= 0.3 is 6.03 Å². The van der Waals surface area contributed by atoms with E-state index in [1.165, 1.54) is 0 Å². The van der Waals surface area contributed by atoms with Gasteiger partial charge in [-0.15, -0.1) is 0 Å². The average molecular weight is 420 g/mol. The highest BCUT2D eigenvalue weighted by Crippen LogP contribution is 2.32. The summed E-state index contributed by atoms with van der Waals surface area (Å²) < 4.78 is 6.34. The minimum absolute atomic E-state index is 0.104. The van der Waals surface area contributed by atoms with Crippen molar-refractivity contribution in [2.24, 2.45) is 0 Å². The second-order valence-corrected chi connectivity index (χ2v) is 7.92. The molecule has 0 aliphatic carbocycles. The van der Waals surface area contributed by atoms with E-state index in [9.17, 15) is 4.79 Å². The van der Waals surface area contributed by atoms with Crippen LogP contribution >= 0.6 is 0 Å². The van der Waals surface area contributed by atoms with Gasteiger partial charge in [0.15, 0.2) is 0 Å². The summed E-state index contributed by atoms with van der Waals surface area (Å²) in [6, 6.07) is 15.7. The number of likely N-dealkylation sites (tertiary alicyclic amines) is 1. The van der Waals surface area contributed by atoms with Crippen LogP contribution in [0.4, 0.5) is 10.5 Å². The molecule has 2 heterocycles. The van der Waals surface area contributed by atoms with Gasteiger partial charge < -0.3 is 19.9 Å². The Morgan fingerprint density at radius 3 is 2.77 bits per heavy atom. The fourth-order valence-corrected chi connectivity index (χ4v) is 3.81. The summed E-state index contributed by atoms with van der Waals surface area (Å²) in [6.07, 6.45) is 4.69. The van der Waals surface area contributed by atoms with Crippen molar-refractivity contribution in [2.75, 3.05) is 32.0 Å². The molecule has 0 saturated carbocycles. The van der Waals surface area contributed by atoms with Gasteiger partial charge in [0.25, 0.3) is 0 Å². The number of carbonyl (C=O) groups is 1. The van der Waals surface area contributed by atoms with Crippen LogP contribution < -0.4 is 10.1 Å². The Hall–Kier alpha value is -3.32. The van der Waals surface area contributed by atoms with Crippen molar-refractivity contribution in [1.82, 2.24) is 20.0 Å². The lowest BCUT2D eigenvalue weighted by Gasteiger charge is -2.23. The van der Waals surface area contributed by atoms with Gasteiger partial charge in [-0.1, -0.05) is 36.4 Å². The lowest BCUT2D eigenvalue weighted by molar-refractivity contribution is 0.206. The van der Waals surface area contributed by atoms with Gasteiger partial charge in [-0.05, 0) is 43.7 Å². The van der Waals surface area contributed by atoms with Gasteiger partial charge in [0.05, 0.1) is 11.9 Å². The lowest BCUT2D eigenvalue weighted by Crippen LogP contribution is -2.34. The van der Waals surface area contributed by atoms with E-state index in [0.29, 0.717) is 24.5 Å². The molecule has 4 rings (SSSR count). The number of rotatable bonds is 7. The van der Waals surface area contributed by atoms with Crippen LogP contribution in [0.15, 0.2) is 60.9 Å². The number of anilines is 1. The standard InChI is InChI=1S/C24H29N5O2/c1-3-29(16-18-7-5-4-6-8-18)24(30)27-22-10-9-19(20-14-25-26-15-20)13-23(22)31-21-11-12-28(2)17-21/h4-10,13-15,21H,3,11-12,16-17H2,1-2H3,(H,25,26)(H,27,30). The highest BCUT2D eigenvalue weighted by atomic mass is 16.5. The fraction of sp³-hybridized carbons (Fsp3) is 0.333. The summed E-state index contributed by atoms with van der Waals surface area (Å²) in [5.74, 6) is 0.683. The molecule has 0 bridgehead atoms. The molecule has 2 N–H and O–H groups in total. The molecule has 7 nitrogen and oxygen atoms in total. The fourth-order valence-electron chi connectivity index (χ4n) is 3.81. The first-order valence-corrected chi connectivity index (χ1v) is 10.7. The van der Waals surface area contributed by atoms with E-state index < -0.39 is 0 Å². The number of hydrogen-bond donors (Lipinski definition) is 2. The van der Waals surface area contributed by atoms with E-state index in [4.69, 9.17) is 4.74 Å². The van der Waals surface area contributed by atoms with Gasteiger partial charge in [0.1, 0.15) is 11.9 Å². The number of nitrogens with zero attached hydrogens (tertiary/aromatic N) is 3. The lowest BCUT2D eigenvalue weighted by atomic mass is 10.1. The smallest absolute Gasteiger partial charge is 0.322 e. The van der Waals surface area contributed by atoms with Gasteiger partial charge in [0, 0.05) is 37.9 Å². The highest BCUT2D eigenvalue weighted by molar-refractivity contribution is 5.91. The zero-order chi connectivity index (χ0) is 21.6. The minimum Gasteiger partial charge on any atom is -0.487 e. The Morgan fingerprint density at radius 2 is 2.10 bits per heavy atom. The number of benzene rings is 2. The molecule has 7 heteroatoms. The first kappa shape index (κ1) is 20.9. The third-order valence-corrected chi connectivity index (χ3v) is 5.58.